The Balaban J connectivity index is 1.85. The normalized spacial score (nSPS) is 10.9. The van der Waals surface area contributed by atoms with Crippen molar-refractivity contribution in [3.63, 3.8) is 0 Å². The van der Waals surface area contributed by atoms with E-state index in [0.717, 1.165) is 31.0 Å². The van der Waals surface area contributed by atoms with E-state index in [4.69, 9.17) is 9.47 Å². The predicted octanol–water partition coefficient (Wildman–Crippen LogP) is 4.37. The van der Waals surface area contributed by atoms with Gasteiger partial charge in [0, 0.05) is 6.54 Å². The molecule has 0 amide bonds. The van der Waals surface area contributed by atoms with Crippen LogP contribution in [0.4, 0.5) is 0 Å². The molecule has 0 heterocycles. The summed E-state index contributed by atoms with van der Waals surface area (Å²) in [5, 5.41) is 3.50. The number of hydrogen-bond donors (Lipinski definition) is 1. The largest absolute Gasteiger partial charge is 0.493 e. The first-order valence-corrected chi connectivity index (χ1v) is 8.65. The van der Waals surface area contributed by atoms with E-state index in [-0.39, 0.29) is 0 Å². The molecule has 1 N–H and O–H groups in total. The van der Waals surface area contributed by atoms with Gasteiger partial charge in [0.1, 0.15) is 0 Å². The highest BCUT2D eigenvalue weighted by molar-refractivity contribution is 5.43. The van der Waals surface area contributed by atoms with Gasteiger partial charge in [-0.15, -0.1) is 0 Å². The van der Waals surface area contributed by atoms with Crippen molar-refractivity contribution < 1.29 is 9.47 Å². The van der Waals surface area contributed by atoms with Crippen LogP contribution in [-0.4, -0.2) is 20.3 Å². The first-order chi connectivity index (χ1) is 11.6. The summed E-state index contributed by atoms with van der Waals surface area (Å²) < 4.78 is 11.3. The van der Waals surface area contributed by atoms with Gasteiger partial charge in [0.05, 0.1) is 13.7 Å². The number of rotatable bonds is 9. The molecule has 0 aliphatic carbocycles. The fourth-order valence-corrected chi connectivity index (χ4v) is 2.54. The molecule has 3 nitrogen and oxygen atoms in total. The minimum absolute atomic E-state index is 0.498. The van der Waals surface area contributed by atoms with Gasteiger partial charge >= 0.3 is 0 Å². The van der Waals surface area contributed by atoms with Crippen LogP contribution in [0, 0.1) is 12.8 Å². The maximum atomic E-state index is 5.80. The quantitative estimate of drug-likeness (QED) is 0.694. The molecule has 0 fully saturated rings. The Morgan fingerprint density at radius 3 is 2.54 bits per heavy atom. The third kappa shape index (κ3) is 5.57. The van der Waals surface area contributed by atoms with Crippen LogP contribution in [0.2, 0.25) is 0 Å². The van der Waals surface area contributed by atoms with Crippen LogP contribution in [0.15, 0.2) is 42.5 Å². The van der Waals surface area contributed by atoms with Gasteiger partial charge in [-0.1, -0.05) is 44.2 Å². The predicted molar refractivity (Wildman–Crippen MR) is 99.9 cm³/mol. The fraction of sp³-hybridized carbons (Fsp3) is 0.429. The monoisotopic (exact) mass is 327 g/mol. The van der Waals surface area contributed by atoms with E-state index in [2.05, 4.69) is 62.5 Å². The number of benzene rings is 2. The average Bonchev–Trinajstić information content (AvgIpc) is 2.58. The molecular formula is C21H29NO2. The summed E-state index contributed by atoms with van der Waals surface area (Å²) in [7, 11) is 1.69. The minimum atomic E-state index is 0.498. The second-order valence-electron chi connectivity index (χ2n) is 6.54. The van der Waals surface area contributed by atoms with Crippen LogP contribution in [-0.2, 0) is 13.0 Å². The summed E-state index contributed by atoms with van der Waals surface area (Å²) >= 11 is 0. The Morgan fingerprint density at radius 1 is 1.04 bits per heavy atom. The molecule has 0 aliphatic rings. The standard InChI is InChI=1S/C21H29NO2/c1-16(2)15-24-20-10-9-18(13-21(20)23-4)14-22-12-11-19-8-6-5-7-17(19)3/h5-10,13,16,22H,11-12,14-15H2,1-4H3. The summed E-state index contributed by atoms with van der Waals surface area (Å²) in [5.41, 5.74) is 3.96. The van der Waals surface area contributed by atoms with E-state index >= 15 is 0 Å². The van der Waals surface area contributed by atoms with Crippen molar-refractivity contribution in [2.75, 3.05) is 20.3 Å². The molecule has 24 heavy (non-hydrogen) atoms. The molecule has 2 aromatic carbocycles. The van der Waals surface area contributed by atoms with Crippen LogP contribution < -0.4 is 14.8 Å². The van der Waals surface area contributed by atoms with Gasteiger partial charge in [-0.2, -0.15) is 0 Å². The van der Waals surface area contributed by atoms with Crippen LogP contribution >= 0.6 is 0 Å². The van der Waals surface area contributed by atoms with Gasteiger partial charge in [-0.25, -0.2) is 0 Å². The molecule has 0 saturated carbocycles. The number of methoxy groups -OCH3 is 1. The maximum absolute atomic E-state index is 5.80. The van der Waals surface area contributed by atoms with E-state index in [0.29, 0.717) is 12.5 Å². The van der Waals surface area contributed by atoms with Gasteiger partial charge in [-0.3, -0.25) is 0 Å². The van der Waals surface area contributed by atoms with Gasteiger partial charge in [0.25, 0.3) is 0 Å². The smallest absolute Gasteiger partial charge is 0.161 e. The Hall–Kier alpha value is -2.00. The average molecular weight is 327 g/mol. The Morgan fingerprint density at radius 2 is 1.83 bits per heavy atom. The highest BCUT2D eigenvalue weighted by Crippen LogP contribution is 2.28. The Labute approximate surface area is 146 Å². The molecular weight excluding hydrogens is 298 g/mol. The second kappa shape index (κ2) is 9.33. The van der Waals surface area contributed by atoms with Crippen molar-refractivity contribution in [3.8, 4) is 11.5 Å². The molecule has 2 rings (SSSR count). The molecule has 0 aliphatic heterocycles. The fourth-order valence-electron chi connectivity index (χ4n) is 2.54. The molecule has 0 unspecified atom stereocenters. The number of ether oxygens (including phenoxy) is 2. The highest BCUT2D eigenvalue weighted by Gasteiger charge is 2.07. The number of aryl methyl sites for hydroxylation is 1. The lowest BCUT2D eigenvalue weighted by Gasteiger charge is -2.14. The molecule has 2 aromatic rings. The maximum Gasteiger partial charge on any atom is 0.161 e. The van der Waals surface area contributed by atoms with Crippen LogP contribution in [0.1, 0.15) is 30.5 Å². The number of nitrogens with one attached hydrogen (secondary N) is 1. The zero-order valence-corrected chi connectivity index (χ0v) is 15.3. The summed E-state index contributed by atoms with van der Waals surface area (Å²) in [6.45, 7) is 8.92. The van der Waals surface area contributed by atoms with Gasteiger partial charge in [0.15, 0.2) is 11.5 Å². The van der Waals surface area contributed by atoms with E-state index < -0.39 is 0 Å². The summed E-state index contributed by atoms with van der Waals surface area (Å²) in [6.07, 6.45) is 1.04. The van der Waals surface area contributed by atoms with Crippen molar-refractivity contribution in [1.82, 2.24) is 5.32 Å². The number of hydrogen-bond acceptors (Lipinski definition) is 3. The van der Waals surface area contributed by atoms with Gasteiger partial charge in [-0.05, 0) is 54.6 Å². The van der Waals surface area contributed by atoms with E-state index in [1.54, 1.807) is 7.11 Å². The molecule has 130 valence electrons. The third-order valence-corrected chi connectivity index (χ3v) is 3.96. The lowest BCUT2D eigenvalue weighted by Crippen LogP contribution is -2.17. The van der Waals surface area contributed by atoms with Crippen molar-refractivity contribution in [2.24, 2.45) is 5.92 Å². The van der Waals surface area contributed by atoms with Crippen molar-refractivity contribution in [1.29, 1.82) is 0 Å². The molecule has 0 bridgehead atoms. The molecule has 0 radical (unpaired) electrons. The van der Waals surface area contributed by atoms with Crippen molar-refractivity contribution in [3.05, 3.63) is 59.2 Å². The van der Waals surface area contributed by atoms with Gasteiger partial charge in [0.2, 0.25) is 0 Å². The summed E-state index contributed by atoms with van der Waals surface area (Å²) in [5.74, 6) is 2.11. The third-order valence-electron chi connectivity index (χ3n) is 3.96. The highest BCUT2D eigenvalue weighted by atomic mass is 16.5. The zero-order chi connectivity index (χ0) is 17.4. The minimum Gasteiger partial charge on any atom is -0.493 e. The van der Waals surface area contributed by atoms with E-state index in [9.17, 15) is 0 Å². The molecule has 0 atom stereocenters. The van der Waals surface area contributed by atoms with Crippen LogP contribution in [0.25, 0.3) is 0 Å². The SMILES string of the molecule is COc1cc(CNCCc2ccccc2C)ccc1OCC(C)C. The first-order valence-electron chi connectivity index (χ1n) is 8.65. The lowest BCUT2D eigenvalue weighted by molar-refractivity contribution is 0.256. The molecule has 0 aromatic heterocycles. The zero-order valence-electron chi connectivity index (χ0n) is 15.3. The molecule has 3 heteroatoms. The first kappa shape index (κ1) is 18.3. The Kier molecular flexibility index (Phi) is 7.13. The Bertz CT molecular complexity index is 637. The summed E-state index contributed by atoms with van der Waals surface area (Å²) in [4.78, 5) is 0. The van der Waals surface area contributed by atoms with Crippen molar-refractivity contribution >= 4 is 0 Å². The van der Waals surface area contributed by atoms with E-state index in [1.165, 1.54) is 16.7 Å². The van der Waals surface area contributed by atoms with Gasteiger partial charge < -0.3 is 14.8 Å². The molecule has 0 spiro atoms. The topological polar surface area (TPSA) is 30.5 Å². The summed E-state index contributed by atoms with van der Waals surface area (Å²) in [6, 6.07) is 14.7. The van der Waals surface area contributed by atoms with Crippen LogP contribution in [0.3, 0.4) is 0 Å². The molecule has 0 saturated heterocycles. The van der Waals surface area contributed by atoms with Crippen molar-refractivity contribution in [2.45, 2.75) is 33.7 Å². The second-order valence-corrected chi connectivity index (χ2v) is 6.54. The van der Waals surface area contributed by atoms with E-state index in [1.807, 2.05) is 6.07 Å². The lowest BCUT2D eigenvalue weighted by atomic mass is 10.1. The van der Waals surface area contributed by atoms with Crippen LogP contribution in [0.5, 0.6) is 11.5 Å².